The molecule has 1 atom stereocenters. The van der Waals surface area contributed by atoms with Crippen LogP contribution in [0.25, 0.3) is 0 Å². The van der Waals surface area contributed by atoms with Gasteiger partial charge in [0.1, 0.15) is 5.76 Å². The number of hydrogen-bond acceptors (Lipinski definition) is 6. The van der Waals surface area contributed by atoms with Gasteiger partial charge in [0.2, 0.25) is 5.91 Å². The smallest absolute Gasteiger partial charge is 0.335 e. The summed E-state index contributed by atoms with van der Waals surface area (Å²) in [6, 6.07) is 2.65. The summed E-state index contributed by atoms with van der Waals surface area (Å²) in [5.74, 6) is -1.03. The van der Waals surface area contributed by atoms with Crippen LogP contribution in [-0.4, -0.2) is 36.4 Å². The van der Waals surface area contributed by atoms with Crippen LogP contribution in [0.5, 0.6) is 11.5 Å². The van der Waals surface area contributed by atoms with Gasteiger partial charge < -0.3 is 24.4 Å². The van der Waals surface area contributed by atoms with Gasteiger partial charge in [0.15, 0.2) is 11.5 Å². The Morgan fingerprint density at radius 2 is 1.92 bits per heavy atom. The zero-order chi connectivity index (χ0) is 18.7. The van der Waals surface area contributed by atoms with Gasteiger partial charge in [-0.3, -0.25) is 4.79 Å². The highest BCUT2D eigenvalue weighted by atomic mass is 16.5. The van der Waals surface area contributed by atoms with Crippen LogP contribution in [0, 0.1) is 13.8 Å². The number of methoxy groups -OCH3 is 2. The highest BCUT2D eigenvalue weighted by Crippen LogP contribution is 2.37. The molecule has 1 heterocycles. The molecular weight excluding hydrogens is 328 g/mol. The van der Waals surface area contributed by atoms with E-state index < -0.39 is 11.9 Å². The molecule has 0 radical (unpaired) electrons. The van der Waals surface area contributed by atoms with Gasteiger partial charge in [0, 0.05) is 5.56 Å². The molecular formula is C17H20N2O6. The van der Waals surface area contributed by atoms with Crippen molar-refractivity contribution in [1.29, 1.82) is 0 Å². The standard InChI is InChI=1S/C17H20N2O6/c1-8(14-9(2)19-25-10(14)3)16(20)18-12-6-11(17(21)22)7-13(23-4)15(12)24-5/h6-8H,1-5H3,(H,18,20)(H,21,22). The van der Waals surface area contributed by atoms with Gasteiger partial charge in [0.25, 0.3) is 0 Å². The van der Waals surface area contributed by atoms with Crippen LogP contribution in [0.2, 0.25) is 0 Å². The summed E-state index contributed by atoms with van der Waals surface area (Å²) in [4.78, 5) is 23.9. The number of nitrogens with one attached hydrogen (secondary N) is 1. The molecule has 8 heteroatoms. The minimum Gasteiger partial charge on any atom is -0.493 e. The lowest BCUT2D eigenvalue weighted by Crippen LogP contribution is -2.20. The number of aryl methyl sites for hydroxylation is 2. The van der Waals surface area contributed by atoms with Crippen molar-refractivity contribution >= 4 is 17.6 Å². The van der Waals surface area contributed by atoms with Crippen LogP contribution >= 0.6 is 0 Å². The molecule has 134 valence electrons. The van der Waals surface area contributed by atoms with Crippen LogP contribution in [0.3, 0.4) is 0 Å². The Balaban J connectivity index is 2.40. The van der Waals surface area contributed by atoms with E-state index >= 15 is 0 Å². The van der Waals surface area contributed by atoms with Crippen LogP contribution in [0.4, 0.5) is 5.69 Å². The van der Waals surface area contributed by atoms with E-state index in [2.05, 4.69) is 10.5 Å². The van der Waals surface area contributed by atoms with Gasteiger partial charge >= 0.3 is 5.97 Å². The first-order valence-corrected chi connectivity index (χ1v) is 7.53. The zero-order valence-electron chi connectivity index (χ0n) is 14.7. The molecule has 0 aliphatic heterocycles. The number of carbonyl (C=O) groups is 2. The summed E-state index contributed by atoms with van der Waals surface area (Å²) in [5.41, 5.74) is 1.50. The Kier molecular flexibility index (Phi) is 5.31. The van der Waals surface area contributed by atoms with Crippen molar-refractivity contribution in [2.75, 3.05) is 19.5 Å². The maximum Gasteiger partial charge on any atom is 0.335 e. The number of aromatic nitrogens is 1. The summed E-state index contributed by atoms with van der Waals surface area (Å²) < 4.78 is 15.5. The monoisotopic (exact) mass is 348 g/mol. The van der Waals surface area contributed by atoms with Gasteiger partial charge in [-0.05, 0) is 32.9 Å². The largest absolute Gasteiger partial charge is 0.493 e. The van der Waals surface area contributed by atoms with Crippen molar-refractivity contribution in [3.63, 3.8) is 0 Å². The van der Waals surface area contributed by atoms with Crippen molar-refractivity contribution < 1.29 is 28.7 Å². The fourth-order valence-electron chi connectivity index (χ4n) is 2.66. The maximum atomic E-state index is 12.6. The maximum absolute atomic E-state index is 12.6. The predicted molar refractivity (Wildman–Crippen MR) is 89.5 cm³/mol. The number of carboxylic acid groups (broad SMARTS) is 1. The van der Waals surface area contributed by atoms with Crippen molar-refractivity contribution in [2.24, 2.45) is 0 Å². The van der Waals surface area contributed by atoms with E-state index in [1.54, 1.807) is 20.8 Å². The van der Waals surface area contributed by atoms with Crippen LogP contribution in [0.15, 0.2) is 16.7 Å². The summed E-state index contributed by atoms with van der Waals surface area (Å²) >= 11 is 0. The summed E-state index contributed by atoms with van der Waals surface area (Å²) in [5, 5.41) is 15.8. The van der Waals surface area contributed by atoms with E-state index in [1.165, 1.54) is 26.4 Å². The number of rotatable bonds is 6. The third kappa shape index (κ3) is 3.57. The highest BCUT2D eigenvalue weighted by Gasteiger charge is 2.25. The number of ether oxygens (including phenoxy) is 2. The quantitative estimate of drug-likeness (QED) is 0.825. The van der Waals surface area contributed by atoms with Gasteiger partial charge in [-0.15, -0.1) is 0 Å². The van der Waals surface area contributed by atoms with Crippen LogP contribution in [0.1, 0.15) is 40.2 Å². The molecule has 25 heavy (non-hydrogen) atoms. The second-order valence-corrected chi connectivity index (χ2v) is 5.51. The van der Waals surface area contributed by atoms with E-state index in [4.69, 9.17) is 14.0 Å². The van der Waals surface area contributed by atoms with Gasteiger partial charge in [-0.1, -0.05) is 5.16 Å². The number of anilines is 1. The molecule has 0 saturated carbocycles. The topological polar surface area (TPSA) is 111 Å². The molecule has 1 aromatic heterocycles. The lowest BCUT2D eigenvalue weighted by molar-refractivity contribution is -0.117. The third-order valence-electron chi connectivity index (χ3n) is 3.90. The molecule has 0 aliphatic carbocycles. The summed E-state index contributed by atoms with van der Waals surface area (Å²) in [6.45, 7) is 5.20. The average molecular weight is 348 g/mol. The van der Waals surface area contributed by atoms with E-state index in [0.29, 0.717) is 17.0 Å². The fourth-order valence-corrected chi connectivity index (χ4v) is 2.66. The number of carboxylic acids is 1. The number of amides is 1. The lowest BCUT2D eigenvalue weighted by Gasteiger charge is -2.17. The predicted octanol–water partition coefficient (Wildman–Crippen LogP) is 2.75. The second kappa shape index (κ2) is 7.25. The van der Waals surface area contributed by atoms with Crippen molar-refractivity contribution in [1.82, 2.24) is 5.16 Å². The van der Waals surface area contributed by atoms with E-state index in [9.17, 15) is 14.7 Å². The number of hydrogen-bond donors (Lipinski definition) is 2. The average Bonchev–Trinajstić information content (AvgIpc) is 2.91. The molecule has 1 unspecified atom stereocenters. The summed E-state index contributed by atoms with van der Waals surface area (Å²) in [6.07, 6.45) is 0. The minimum absolute atomic E-state index is 0.0297. The van der Waals surface area contributed by atoms with Crippen LogP contribution in [-0.2, 0) is 4.79 Å². The summed E-state index contributed by atoms with van der Waals surface area (Å²) in [7, 11) is 2.80. The van der Waals surface area contributed by atoms with E-state index in [-0.39, 0.29) is 28.7 Å². The number of nitrogens with zero attached hydrogens (tertiary/aromatic N) is 1. The Morgan fingerprint density at radius 1 is 1.24 bits per heavy atom. The molecule has 0 bridgehead atoms. The third-order valence-corrected chi connectivity index (χ3v) is 3.90. The Hall–Kier alpha value is -3.03. The SMILES string of the molecule is COc1cc(C(=O)O)cc(NC(=O)C(C)c2c(C)noc2C)c1OC. The minimum atomic E-state index is -1.14. The van der Waals surface area contributed by atoms with Gasteiger partial charge in [-0.25, -0.2) is 4.79 Å². The molecule has 8 nitrogen and oxygen atoms in total. The molecule has 0 fully saturated rings. The number of carbonyl (C=O) groups excluding carboxylic acids is 1. The van der Waals surface area contributed by atoms with Crippen molar-refractivity contribution in [2.45, 2.75) is 26.7 Å². The first-order valence-electron chi connectivity index (χ1n) is 7.53. The van der Waals surface area contributed by atoms with Gasteiger partial charge in [0.05, 0.1) is 37.1 Å². The van der Waals surface area contributed by atoms with Crippen molar-refractivity contribution in [3.05, 3.63) is 34.7 Å². The fraction of sp³-hybridized carbons (Fsp3) is 0.353. The molecule has 0 aliphatic rings. The molecule has 1 amide bonds. The van der Waals surface area contributed by atoms with E-state index in [1.807, 2.05) is 0 Å². The molecule has 2 aromatic rings. The Morgan fingerprint density at radius 3 is 2.40 bits per heavy atom. The molecule has 2 rings (SSSR count). The van der Waals surface area contributed by atoms with Crippen LogP contribution < -0.4 is 14.8 Å². The number of aromatic carboxylic acids is 1. The van der Waals surface area contributed by atoms with Crippen molar-refractivity contribution in [3.8, 4) is 11.5 Å². The lowest BCUT2D eigenvalue weighted by atomic mass is 9.98. The molecule has 1 aromatic carbocycles. The highest BCUT2D eigenvalue weighted by molar-refractivity contribution is 5.99. The molecule has 0 saturated heterocycles. The first kappa shape index (κ1) is 18.3. The first-order chi connectivity index (χ1) is 11.8. The zero-order valence-corrected chi connectivity index (χ0v) is 14.7. The number of benzene rings is 1. The Bertz CT molecular complexity index is 792. The molecule has 2 N–H and O–H groups in total. The van der Waals surface area contributed by atoms with Gasteiger partial charge in [-0.2, -0.15) is 0 Å². The van der Waals surface area contributed by atoms with E-state index in [0.717, 1.165) is 0 Å². The second-order valence-electron chi connectivity index (χ2n) is 5.51. The molecule has 0 spiro atoms. The normalized spacial score (nSPS) is 11.7. The Labute approximate surface area is 144 Å².